The van der Waals surface area contributed by atoms with E-state index in [1.807, 2.05) is 35.4 Å². The first kappa shape index (κ1) is 17.0. The van der Waals surface area contributed by atoms with E-state index in [0.717, 1.165) is 17.3 Å². The molecule has 2 N–H and O–H groups in total. The standard InChI is InChI=1S/C19H19N3O3S2/c23-19(13-4-3-12-5-6-20-16(12)9-13)22-11-14-8-15(22)10-17(14)21-27(24,25)18-2-1-7-26-18/h1-7,9,14-15,17,20-21H,8,10-11H2. The number of hydrogen-bond donors (Lipinski definition) is 2. The molecule has 3 atom stereocenters. The van der Waals surface area contributed by atoms with Gasteiger partial charge in [0.1, 0.15) is 4.21 Å². The molecule has 6 nitrogen and oxygen atoms in total. The Morgan fingerprint density at radius 2 is 2.11 bits per heavy atom. The average molecular weight is 402 g/mol. The maximum absolute atomic E-state index is 13.0. The average Bonchev–Trinajstić information content (AvgIpc) is 3.43. The van der Waals surface area contributed by atoms with Gasteiger partial charge in [-0.1, -0.05) is 12.1 Å². The molecule has 3 heterocycles. The Bertz CT molecular complexity index is 1100. The lowest BCUT2D eigenvalue weighted by molar-refractivity contribution is 0.0691. The molecule has 27 heavy (non-hydrogen) atoms. The molecule has 2 aliphatic rings. The Kier molecular flexibility index (Phi) is 3.89. The highest BCUT2D eigenvalue weighted by molar-refractivity contribution is 7.91. The fraction of sp³-hybridized carbons (Fsp3) is 0.316. The second kappa shape index (κ2) is 6.19. The highest BCUT2D eigenvalue weighted by atomic mass is 32.2. The van der Waals surface area contributed by atoms with Crippen LogP contribution in [0.4, 0.5) is 0 Å². The van der Waals surface area contributed by atoms with E-state index in [9.17, 15) is 13.2 Å². The number of benzene rings is 1. The summed E-state index contributed by atoms with van der Waals surface area (Å²) in [6, 6.07) is 11.0. The number of sulfonamides is 1. The van der Waals surface area contributed by atoms with Crippen LogP contribution in [0.15, 0.2) is 52.2 Å². The summed E-state index contributed by atoms with van der Waals surface area (Å²) in [7, 11) is -3.47. The number of likely N-dealkylation sites (tertiary alicyclic amines) is 1. The lowest BCUT2D eigenvalue weighted by atomic mass is 10.0. The molecular formula is C19H19N3O3S2. The summed E-state index contributed by atoms with van der Waals surface area (Å²) < 4.78 is 28.1. The Balaban J connectivity index is 1.30. The number of carbonyl (C=O) groups is 1. The predicted molar refractivity (Wildman–Crippen MR) is 104 cm³/mol. The van der Waals surface area contributed by atoms with Gasteiger partial charge in [-0.05, 0) is 53.8 Å². The van der Waals surface area contributed by atoms with Crippen LogP contribution in [0.5, 0.6) is 0 Å². The lowest BCUT2D eigenvalue weighted by Crippen LogP contribution is -2.47. The van der Waals surface area contributed by atoms with E-state index in [4.69, 9.17) is 0 Å². The number of amides is 1. The van der Waals surface area contributed by atoms with Crippen molar-refractivity contribution in [1.82, 2.24) is 14.6 Å². The summed E-state index contributed by atoms with van der Waals surface area (Å²) in [6.45, 7) is 0.601. The third-order valence-electron chi connectivity index (χ3n) is 5.67. The third-order valence-corrected chi connectivity index (χ3v) is 8.56. The van der Waals surface area contributed by atoms with Crippen LogP contribution < -0.4 is 4.72 Å². The van der Waals surface area contributed by atoms with Crippen LogP contribution >= 0.6 is 11.3 Å². The summed E-state index contributed by atoms with van der Waals surface area (Å²) in [5.41, 5.74) is 1.63. The van der Waals surface area contributed by atoms with Crippen LogP contribution in [-0.4, -0.2) is 42.8 Å². The second-order valence-corrected chi connectivity index (χ2v) is 10.2. The largest absolute Gasteiger partial charge is 0.361 e. The Hall–Kier alpha value is -2.16. The molecule has 1 aliphatic heterocycles. The second-order valence-electron chi connectivity index (χ2n) is 7.28. The monoisotopic (exact) mass is 401 g/mol. The summed E-state index contributed by atoms with van der Waals surface area (Å²) in [5.74, 6) is 0.196. The summed E-state index contributed by atoms with van der Waals surface area (Å²) in [4.78, 5) is 18.0. The molecular weight excluding hydrogens is 382 g/mol. The zero-order valence-corrected chi connectivity index (χ0v) is 16.1. The minimum Gasteiger partial charge on any atom is -0.361 e. The van der Waals surface area contributed by atoms with Crippen molar-refractivity contribution in [2.24, 2.45) is 5.92 Å². The molecule has 2 fully saturated rings. The minimum atomic E-state index is -3.47. The molecule has 1 amide bonds. The van der Waals surface area contributed by atoms with E-state index in [1.54, 1.807) is 17.5 Å². The highest BCUT2D eigenvalue weighted by Crippen LogP contribution is 2.39. The highest BCUT2D eigenvalue weighted by Gasteiger charge is 2.47. The molecule has 0 spiro atoms. The Morgan fingerprint density at radius 3 is 2.85 bits per heavy atom. The van der Waals surface area contributed by atoms with E-state index in [0.29, 0.717) is 22.7 Å². The van der Waals surface area contributed by atoms with Crippen LogP contribution in [0.2, 0.25) is 0 Å². The SMILES string of the molecule is O=C(c1ccc2cc[nH]c2c1)N1CC2CC1CC2NS(=O)(=O)c1cccs1. The number of nitrogens with zero attached hydrogens (tertiary/aromatic N) is 1. The Morgan fingerprint density at radius 1 is 1.22 bits per heavy atom. The number of fused-ring (bicyclic) bond motifs is 3. The smallest absolute Gasteiger partial charge is 0.254 e. The van der Waals surface area contributed by atoms with Crippen LogP contribution in [0, 0.1) is 5.92 Å². The van der Waals surface area contributed by atoms with Crippen molar-refractivity contribution >= 4 is 38.2 Å². The zero-order valence-electron chi connectivity index (χ0n) is 14.5. The van der Waals surface area contributed by atoms with E-state index in [1.165, 1.54) is 11.3 Å². The van der Waals surface area contributed by atoms with Gasteiger partial charge in [0.25, 0.3) is 5.91 Å². The van der Waals surface area contributed by atoms with Crippen molar-refractivity contribution in [2.75, 3.05) is 6.54 Å². The van der Waals surface area contributed by atoms with Crippen LogP contribution in [-0.2, 0) is 10.0 Å². The number of nitrogens with one attached hydrogen (secondary N) is 2. The van der Waals surface area contributed by atoms with E-state index < -0.39 is 10.0 Å². The number of hydrogen-bond acceptors (Lipinski definition) is 4. The first-order valence-electron chi connectivity index (χ1n) is 8.95. The van der Waals surface area contributed by atoms with Crippen molar-refractivity contribution in [3.63, 3.8) is 0 Å². The molecule has 1 aliphatic carbocycles. The van der Waals surface area contributed by atoms with Crippen LogP contribution in [0.3, 0.4) is 0 Å². The van der Waals surface area contributed by atoms with Gasteiger partial charge >= 0.3 is 0 Å². The van der Waals surface area contributed by atoms with Gasteiger partial charge in [0, 0.05) is 35.9 Å². The Labute approximate surface area is 161 Å². The number of thiophene rings is 1. The molecule has 2 bridgehead atoms. The first-order valence-corrected chi connectivity index (χ1v) is 11.3. The van der Waals surface area contributed by atoms with Gasteiger partial charge in [0.05, 0.1) is 0 Å². The first-order chi connectivity index (χ1) is 13.0. The molecule has 1 aromatic carbocycles. The van der Waals surface area contributed by atoms with Gasteiger partial charge in [-0.2, -0.15) is 0 Å². The van der Waals surface area contributed by atoms with Crippen molar-refractivity contribution in [3.8, 4) is 0 Å². The number of rotatable bonds is 4. The van der Waals surface area contributed by atoms with Crippen LogP contribution in [0.25, 0.3) is 10.9 Å². The molecule has 1 saturated heterocycles. The van der Waals surface area contributed by atoms with Gasteiger partial charge in [-0.25, -0.2) is 13.1 Å². The fourth-order valence-electron chi connectivity index (χ4n) is 4.37. The van der Waals surface area contributed by atoms with Crippen LogP contribution in [0.1, 0.15) is 23.2 Å². The van der Waals surface area contributed by atoms with Crippen molar-refractivity contribution < 1.29 is 13.2 Å². The number of aromatic nitrogens is 1. The topological polar surface area (TPSA) is 82.3 Å². The number of carbonyl (C=O) groups excluding carboxylic acids is 1. The number of H-pyrrole nitrogens is 1. The van der Waals surface area contributed by atoms with Gasteiger partial charge in [0.2, 0.25) is 10.0 Å². The molecule has 5 rings (SSSR count). The summed E-state index contributed by atoms with van der Waals surface area (Å²) >= 11 is 1.22. The molecule has 3 unspecified atom stereocenters. The van der Waals surface area contributed by atoms with E-state index in [2.05, 4.69) is 9.71 Å². The van der Waals surface area contributed by atoms with Gasteiger partial charge in [-0.15, -0.1) is 11.3 Å². The lowest BCUT2D eigenvalue weighted by Gasteiger charge is -2.31. The minimum absolute atomic E-state index is 0.0264. The van der Waals surface area contributed by atoms with Crippen molar-refractivity contribution in [2.45, 2.75) is 29.1 Å². The van der Waals surface area contributed by atoms with E-state index in [-0.39, 0.29) is 23.9 Å². The zero-order chi connectivity index (χ0) is 18.6. The summed E-state index contributed by atoms with van der Waals surface area (Å²) in [5, 5.41) is 2.84. The number of piperidine rings is 1. The normalized spacial score (nSPS) is 24.7. The maximum Gasteiger partial charge on any atom is 0.254 e. The van der Waals surface area contributed by atoms with Gasteiger partial charge < -0.3 is 9.88 Å². The quantitative estimate of drug-likeness (QED) is 0.705. The third kappa shape index (κ3) is 2.88. The molecule has 8 heteroatoms. The van der Waals surface area contributed by atoms with Crippen molar-refractivity contribution in [3.05, 3.63) is 53.5 Å². The fourth-order valence-corrected chi connectivity index (χ4v) is 6.69. The van der Waals surface area contributed by atoms with E-state index >= 15 is 0 Å². The molecule has 2 aromatic heterocycles. The predicted octanol–water partition coefficient (Wildman–Crippen LogP) is 2.81. The van der Waals surface area contributed by atoms with Crippen molar-refractivity contribution in [1.29, 1.82) is 0 Å². The van der Waals surface area contributed by atoms with Gasteiger partial charge in [0.15, 0.2) is 0 Å². The van der Waals surface area contributed by atoms with Gasteiger partial charge in [-0.3, -0.25) is 4.79 Å². The summed E-state index contributed by atoms with van der Waals surface area (Å²) in [6.07, 6.45) is 3.39. The molecule has 140 valence electrons. The number of aromatic amines is 1. The molecule has 3 aromatic rings. The molecule has 1 saturated carbocycles. The molecule has 0 radical (unpaired) electrons. The maximum atomic E-state index is 13.0.